The Hall–Kier alpha value is -0.995. The smallest absolute Gasteiger partial charge is 0.284 e. The summed E-state index contributed by atoms with van der Waals surface area (Å²) in [6.45, 7) is 6.93. The number of rotatable bonds is 4. The van der Waals surface area contributed by atoms with Crippen molar-refractivity contribution in [1.82, 2.24) is 4.90 Å². The molecule has 2 radical (unpaired) electrons. The zero-order valence-electron chi connectivity index (χ0n) is 15.6. The van der Waals surface area contributed by atoms with Crippen molar-refractivity contribution in [1.29, 1.82) is 0 Å². The van der Waals surface area contributed by atoms with E-state index in [9.17, 15) is 0 Å². The maximum Gasteiger partial charge on any atom is 0.284 e. The van der Waals surface area contributed by atoms with E-state index in [0.29, 0.717) is 0 Å². The molecule has 0 aliphatic carbocycles. The zero-order valence-corrected chi connectivity index (χ0v) is 17.1. The second-order valence-electron chi connectivity index (χ2n) is 7.17. The summed E-state index contributed by atoms with van der Waals surface area (Å²) in [7, 11) is 5.59. The lowest BCUT2D eigenvalue weighted by Gasteiger charge is -2.50. The van der Waals surface area contributed by atoms with Crippen LogP contribution in [-0.2, 0) is 10.2 Å². The van der Waals surface area contributed by atoms with Gasteiger partial charge in [-0.3, -0.25) is 4.90 Å². The Morgan fingerprint density at radius 2 is 1.54 bits per heavy atom. The molecule has 2 aromatic carbocycles. The summed E-state index contributed by atoms with van der Waals surface area (Å²) in [5.41, 5.74) is 4.07. The minimum atomic E-state index is -0.369. The molecule has 1 atom stereocenters. The number of likely N-dealkylation sites (tertiary alicyclic amines) is 1. The lowest BCUT2D eigenvalue weighted by molar-refractivity contribution is -0.0473. The molecule has 0 amide bonds. The van der Waals surface area contributed by atoms with Crippen LogP contribution < -0.4 is 0 Å². The Kier molecular flexibility index (Phi) is 6.03. The number of benzene rings is 2. The fraction of sp³-hybridized carbons (Fsp3) is 0.429. The Morgan fingerprint density at radius 3 is 2.00 bits per heavy atom. The largest absolute Gasteiger partial charge is 0.433 e. The lowest BCUT2D eigenvalue weighted by atomic mass is 9.74. The predicted molar refractivity (Wildman–Crippen MR) is 110 cm³/mol. The Balaban J connectivity index is 2.25. The van der Waals surface area contributed by atoms with Crippen molar-refractivity contribution in [2.24, 2.45) is 0 Å². The first-order valence-corrected chi connectivity index (χ1v) is 9.81. The van der Waals surface area contributed by atoms with E-state index in [1.54, 1.807) is 0 Å². The molecule has 1 saturated heterocycles. The van der Waals surface area contributed by atoms with Gasteiger partial charge in [0.05, 0.1) is 11.8 Å². The molecule has 2 aromatic rings. The maximum absolute atomic E-state index is 6.50. The molecule has 3 rings (SSSR count). The van der Waals surface area contributed by atoms with Gasteiger partial charge in [-0.2, -0.15) is 0 Å². The SMILES string of the molecule is [B]OC(C)N1CCCCC1(c1ccc(C)c(Cl)c1)c1ccc(C)c(Cl)c1. The molecular formula is C21H24BCl2NO. The Labute approximate surface area is 167 Å². The van der Waals surface area contributed by atoms with Gasteiger partial charge in [-0.1, -0.05) is 47.5 Å². The van der Waals surface area contributed by atoms with Gasteiger partial charge < -0.3 is 4.65 Å². The third-order valence-electron chi connectivity index (χ3n) is 5.61. The first-order valence-electron chi connectivity index (χ1n) is 9.05. The van der Waals surface area contributed by atoms with Gasteiger partial charge in [-0.05, 0) is 74.4 Å². The van der Waals surface area contributed by atoms with Crippen LogP contribution in [0.5, 0.6) is 0 Å². The standard InChI is InChI=1S/C21H24BCl2NO/c1-14-6-8-17(12-19(14)23)21(18-9-7-15(2)20(24)13-18)10-4-5-11-25(21)16(3)26-22/h6-9,12-13,16H,4-5,10-11H2,1-3H3. The number of hydrogen-bond donors (Lipinski definition) is 0. The maximum atomic E-state index is 6.50. The average Bonchev–Trinajstić information content (AvgIpc) is 2.65. The highest BCUT2D eigenvalue weighted by Crippen LogP contribution is 2.46. The summed E-state index contributed by atoms with van der Waals surface area (Å²) >= 11 is 13.0. The van der Waals surface area contributed by atoms with Gasteiger partial charge in [0.25, 0.3) is 8.05 Å². The minimum absolute atomic E-state index is 0.226. The number of piperidine rings is 1. The predicted octanol–water partition coefficient (Wildman–Crippen LogP) is 5.79. The van der Waals surface area contributed by atoms with Crippen molar-refractivity contribution < 1.29 is 4.65 Å². The highest BCUT2D eigenvalue weighted by molar-refractivity contribution is 6.31. The zero-order chi connectivity index (χ0) is 18.9. The summed E-state index contributed by atoms with van der Waals surface area (Å²) < 4.78 is 5.26. The fourth-order valence-corrected chi connectivity index (χ4v) is 4.41. The molecule has 1 heterocycles. The van der Waals surface area contributed by atoms with Crippen LogP contribution in [0.3, 0.4) is 0 Å². The molecule has 26 heavy (non-hydrogen) atoms. The van der Waals surface area contributed by atoms with Crippen molar-refractivity contribution in [2.45, 2.75) is 51.8 Å². The molecule has 0 spiro atoms. The Bertz CT molecular complexity index is 744. The molecule has 1 fully saturated rings. The summed E-state index contributed by atoms with van der Waals surface area (Å²) in [5.74, 6) is 0. The van der Waals surface area contributed by atoms with Crippen molar-refractivity contribution >= 4 is 31.3 Å². The van der Waals surface area contributed by atoms with E-state index >= 15 is 0 Å². The fourth-order valence-electron chi connectivity index (χ4n) is 4.05. The third kappa shape index (κ3) is 3.43. The van der Waals surface area contributed by atoms with Gasteiger partial charge >= 0.3 is 0 Å². The molecule has 5 heteroatoms. The number of aryl methyl sites for hydroxylation is 2. The van der Waals surface area contributed by atoms with E-state index in [1.807, 2.05) is 20.8 Å². The molecule has 1 aliphatic rings. The first kappa shape index (κ1) is 19.8. The van der Waals surface area contributed by atoms with Crippen LogP contribution in [0.15, 0.2) is 36.4 Å². The molecule has 136 valence electrons. The number of hydrogen-bond acceptors (Lipinski definition) is 2. The van der Waals surface area contributed by atoms with Gasteiger partial charge in [0.15, 0.2) is 0 Å². The van der Waals surface area contributed by atoms with E-state index in [-0.39, 0.29) is 11.8 Å². The van der Waals surface area contributed by atoms with Crippen LogP contribution in [0, 0.1) is 13.8 Å². The molecule has 2 nitrogen and oxygen atoms in total. The third-order valence-corrected chi connectivity index (χ3v) is 6.43. The molecule has 0 bridgehead atoms. The summed E-state index contributed by atoms with van der Waals surface area (Å²) in [6.07, 6.45) is 2.95. The van der Waals surface area contributed by atoms with E-state index in [2.05, 4.69) is 41.3 Å². The first-order chi connectivity index (χ1) is 12.4. The van der Waals surface area contributed by atoms with Gasteiger partial charge in [0, 0.05) is 16.6 Å². The topological polar surface area (TPSA) is 12.5 Å². The van der Waals surface area contributed by atoms with E-state index < -0.39 is 0 Å². The lowest BCUT2D eigenvalue weighted by Crippen LogP contribution is -2.54. The van der Waals surface area contributed by atoms with Crippen LogP contribution in [0.1, 0.15) is 48.4 Å². The van der Waals surface area contributed by atoms with Gasteiger partial charge in [0.1, 0.15) is 0 Å². The van der Waals surface area contributed by atoms with Crippen LogP contribution in [-0.4, -0.2) is 25.7 Å². The Morgan fingerprint density at radius 1 is 1.00 bits per heavy atom. The molecule has 1 aliphatic heterocycles. The molecule has 0 saturated carbocycles. The quantitative estimate of drug-likeness (QED) is 0.616. The van der Waals surface area contributed by atoms with Gasteiger partial charge in [0.2, 0.25) is 0 Å². The average molecular weight is 388 g/mol. The second kappa shape index (κ2) is 7.94. The second-order valence-corrected chi connectivity index (χ2v) is 7.99. The van der Waals surface area contributed by atoms with Gasteiger partial charge in [-0.15, -0.1) is 0 Å². The van der Waals surface area contributed by atoms with Crippen LogP contribution >= 0.6 is 23.2 Å². The minimum Gasteiger partial charge on any atom is -0.433 e. The van der Waals surface area contributed by atoms with Crippen LogP contribution in [0.4, 0.5) is 0 Å². The molecular weight excluding hydrogens is 364 g/mol. The summed E-state index contributed by atoms with van der Waals surface area (Å²) in [4.78, 5) is 2.33. The number of halogens is 2. The monoisotopic (exact) mass is 387 g/mol. The van der Waals surface area contributed by atoms with Crippen LogP contribution in [0.2, 0.25) is 10.0 Å². The van der Waals surface area contributed by atoms with Crippen molar-refractivity contribution in [3.63, 3.8) is 0 Å². The summed E-state index contributed by atoms with van der Waals surface area (Å²) in [5, 5.41) is 1.54. The normalized spacial score (nSPS) is 18.7. The van der Waals surface area contributed by atoms with Crippen molar-refractivity contribution in [3.8, 4) is 0 Å². The van der Waals surface area contributed by atoms with Gasteiger partial charge in [-0.25, -0.2) is 0 Å². The highest BCUT2D eigenvalue weighted by Gasteiger charge is 2.44. The van der Waals surface area contributed by atoms with Crippen LogP contribution in [0.25, 0.3) is 0 Å². The molecule has 0 aromatic heterocycles. The molecule has 0 N–H and O–H groups in total. The van der Waals surface area contributed by atoms with Crippen molar-refractivity contribution in [2.75, 3.05) is 6.54 Å². The number of nitrogens with zero attached hydrogens (tertiary/aromatic N) is 1. The van der Waals surface area contributed by atoms with E-state index in [4.69, 9.17) is 35.9 Å². The van der Waals surface area contributed by atoms with Crippen molar-refractivity contribution in [3.05, 3.63) is 68.7 Å². The summed E-state index contributed by atoms with van der Waals surface area (Å²) in [6, 6.07) is 12.6. The van der Waals surface area contributed by atoms with E-state index in [1.165, 1.54) is 0 Å². The van der Waals surface area contributed by atoms with E-state index in [0.717, 1.165) is 58.1 Å². The molecule has 1 unspecified atom stereocenters. The highest BCUT2D eigenvalue weighted by atomic mass is 35.5.